The molecule has 2 rings (SSSR count). The molecule has 0 aliphatic carbocycles. The number of rotatable bonds is 36. The predicted octanol–water partition coefficient (Wildman–Crippen LogP) is 10.8. The van der Waals surface area contributed by atoms with E-state index in [4.69, 9.17) is 18.9 Å². The normalized spacial score (nSPS) is 17.5. The van der Waals surface area contributed by atoms with E-state index in [0.717, 1.165) is 25.7 Å². The lowest BCUT2D eigenvalue weighted by Gasteiger charge is -2.24. The topological polar surface area (TPSA) is 112 Å². The van der Waals surface area contributed by atoms with Gasteiger partial charge in [-0.3, -0.25) is 14.3 Å². The van der Waals surface area contributed by atoms with Crippen LogP contribution in [0.3, 0.4) is 0 Å². The minimum Gasteiger partial charge on any atom is -0.394 e. The molecule has 9 heteroatoms. The van der Waals surface area contributed by atoms with Gasteiger partial charge in [0.1, 0.15) is 12.3 Å². The van der Waals surface area contributed by atoms with Gasteiger partial charge < -0.3 is 24.1 Å². The Kier molecular flexibility index (Phi) is 28.5. The second-order valence-corrected chi connectivity index (χ2v) is 15.4. The Labute approximate surface area is 317 Å². The smallest absolute Gasteiger partial charge is 0.330 e. The summed E-state index contributed by atoms with van der Waals surface area (Å²) in [6.45, 7) is 6.16. The number of hydrogen-bond donors (Lipinski definition) is 2. The van der Waals surface area contributed by atoms with Gasteiger partial charge in [-0.2, -0.15) is 0 Å². The molecular weight excluding hydrogens is 656 g/mol. The highest BCUT2D eigenvalue weighted by Gasteiger charge is 2.39. The molecule has 0 spiro atoms. The Balaban J connectivity index is 1.69. The predicted molar refractivity (Wildman–Crippen MR) is 213 cm³/mol. The quantitative estimate of drug-likeness (QED) is 0.0521. The van der Waals surface area contributed by atoms with Crippen molar-refractivity contribution in [2.75, 3.05) is 19.8 Å². The summed E-state index contributed by atoms with van der Waals surface area (Å²) >= 11 is 0. The van der Waals surface area contributed by atoms with Gasteiger partial charge in [-0.15, -0.1) is 0 Å². The van der Waals surface area contributed by atoms with E-state index < -0.39 is 36.2 Å². The summed E-state index contributed by atoms with van der Waals surface area (Å²) in [5.74, 6) is 0. The first kappa shape index (κ1) is 46.6. The first-order chi connectivity index (χ1) is 25.5. The zero-order valence-electron chi connectivity index (χ0n) is 33.9. The van der Waals surface area contributed by atoms with Crippen LogP contribution >= 0.6 is 0 Å². The Morgan fingerprint density at radius 1 is 0.673 bits per heavy atom. The summed E-state index contributed by atoms with van der Waals surface area (Å²) in [7, 11) is 0. The molecule has 1 aromatic heterocycles. The summed E-state index contributed by atoms with van der Waals surface area (Å²) in [5, 5.41) is 10.1. The molecule has 3 atom stereocenters. The van der Waals surface area contributed by atoms with Gasteiger partial charge in [0.15, 0.2) is 0 Å². The van der Waals surface area contributed by atoms with Crippen molar-refractivity contribution in [3.8, 4) is 0 Å². The fraction of sp³-hybridized carbons (Fsp3) is 0.907. The molecule has 0 bridgehead atoms. The Hall–Kier alpha value is -1.52. The molecule has 1 aliphatic heterocycles. The van der Waals surface area contributed by atoms with Crippen LogP contribution in [0.25, 0.3) is 0 Å². The molecule has 2 N–H and O–H groups in total. The van der Waals surface area contributed by atoms with E-state index >= 15 is 0 Å². The third-order valence-electron chi connectivity index (χ3n) is 10.6. The maximum absolute atomic E-state index is 12.5. The number of nitrogens with zero attached hydrogens (tertiary/aromatic N) is 1. The number of unbranched alkanes of at least 4 members (excludes halogenated alkanes) is 26. The van der Waals surface area contributed by atoms with Crippen LogP contribution in [0.2, 0.25) is 0 Å². The molecule has 0 radical (unpaired) electrons. The van der Waals surface area contributed by atoms with Gasteiger partial charge in [0.2, 0.25) is 0 Å². The lowest BCUT2D eigenvalue weighted by atomic mass is 10.0. The van der Waals surface area contributed by atoms with Crippen LogP contribution in [0, 0.1) is 6.92 Å². The van der Waals surface area contributed by atoms with Crippen LogP contribution in [0.1, 0.15) is 212 Å². The number of aliphatic hydroxyl groups excluding tert-OH is 1. The van der Waals surface area contributed by atoms with Gasteiger partial charge in [0.05, 0.1) is 25.9 Å². The Bertz CT molecular complexity index is 1040. The van der Waals surface area contributed by atoms with Gasteiger partial charge in [0.25, 0.3) is 12.0 Å². The molecule has 0 saturated carbocycles. The van der Waals surface area contributed by atoms with Gasteiger partial charge in [-0.1, -0.05) is 181 Å². The van der Waals surface area contributed by atoms with E-state index in [1.807, 2.05) is 0 Å². The summed E-state index contributed by atoms with van der Waals surface area (Å²) in [6.07, 6.45) is 36.5. The van der Waals surface area contributed by atoms with Crippen LogP contribution in [0.5, 0.6) is 0 Å². The molecule has 304 valence electrons. The number of ether oxygens (including phenoxy) is 4. The Morgan fingerprint density at radius 3 is 1.44 bits per heavy atom. The molecule has 1 fully saturated rings. The van der Waals surface area contributed by atoms with E-state index in [-0.39, 0.29) is 6.61 Å². The van der Waals surface area contributed by atoms with Crippen molar-refractivity contribution in [2.24, 2.45) is 0 Å². The van der Waals surface area contributed by atoms with Gasteiger partial charge >= 0.3 is 5.69 Å². The van der Waals surface area contributed by atoms with E-state index in [1.165, 1.54) is 165 Å². The molecule has 9 nitrogen and oxygen atoms in total. The average Bonchev–Trinajstić information content (AvgIpc) is 3.55. The molecular formula is C43H80N2O7. The molecule has 1 saturated heterocycles. The standard InChI is InChI=1S/C43H80N2O7/c1-4-6-8-10-12-14-16-18-20-22-24-26-28-30-32-49-43(50-33-31-29-27-25-23-21-19-17-15-13-11-9-7-5-2)52-38-34-40(51-39(38)36-46)45-35-37(3)41(47)44-42(45)48/h35,38-40,43,46H,4-34,36H2,1-3H3,(H,44,47,48)/t38-,39?,40-/m1/s1. The maximum atomic E-state index is 12.5. The first-order valence-corrected chi connectivity index (χ1v) is 22.0. The van der Waals surface area contributed by atoms with E-state index in [0.29, 0.717) is 25.2 Å². The number of aromatic nitrogens is 2. The zero-order valence-corrected chi connectivity index (χ0v) is 33.9. The molecule has 1 aliphatic rings. The minimum absolute atomic E-state index is 0.261. The molecule has 52 heavy (non-hydrogen) atoms. The van der Waals surface area contributed by atoms with Crippen molar-refractivity contribution in [1.82, 2.24) is 9.55 Å². The highest BCUT2D eigenvalue weighted by molar-refractivity contribution is 5.02. The van der Waals surface area contributed by atoms with Crippen molar-refractivity contribution >= 4 is 0 Å². The SMILES string of the molecule is CCCCCCCCCCCCCCCCOC(OCCCCCCCCCCCCCCCC)O[C@@H]1C[C@H](n2cc(C)c(=O)[nH]c2=O)OC1CO. The molecule has 0 aromatic carbocycles. The summed E-state index contributed by atoms with van der Waals surface area (Å²) < 4.78 is 25.9. The average molecular weight is 737 g/mol. The van der Waals surface area contributed by atoms with Crippen molar-refractivity contribution in [3.63, 3.8) is 0 Å². The maximum Gasteiger partial charge on any atom is 0.330 e. The van der Waals surface area contributed by atoms with Crippen LogP contribution in [-0.4, -0.2) is 53.2 Å². The number of aliphatic hydroxyl groups is 1. The van der Waals surface area contributed by atoms with Crippen molar-refractivity contribution in [1.29, 1.82) is 0 Å². The monoisotopic (exact) mass is 737 g/mol. The van der Waals surface area contributed by atoms with Crippen LogP contribution in [0.4, 0.5) is 0 Å². The Morgan fingerprint density at radius 2 is 1.06 bits per heavy atom. The number of aryl methyl sites for hydroxylation is 1. The van der Waals surface area contributed by atoms with Crippen LogP contribution in [0.15, 0.2) is 15.8 Å². The number of nitrogens with one attached hydrogen (secondary N) is 1. The highest BCUT2D eigenvalue weighted by Crippen LogP contribution is 2.31. The number of hydrogen-bond acceptors (Lipinski definition) is 7. The van der Waals surface area contributed by atoms with Crippen LogP contribution < -0.4 is 11.2 Å². The van der Waals surface area contributed by atoms with Crippen molar-refractivity contribution in [3.05, 3.63) is 32.6 Å². The molecule has 1 unspecified atom stereocenters. The summed E-state index contributed by atoms with van der Waals surface area (Å²) in [6, 6.07) is 0. The minimum atomic E-state index is -0.862. The van der Waals surface area contributed by atoms with Gasteiger partial charge in [-0.05, 0) is 19.8 Å². The second kappa shape index (κ2) is 31.8. The fourth-order valence-corrected chi connectivity index (χ4v) is 7.20. The lowest BCUT2D eigenvalue weighted by Crippen LogP contribution is -2.34. The van der Waals surface area contributed by atoms with E-state index in [1.54, 1.807) is 6.92 Å². The first-order valence-electron chi connectivity index (χ1n) is 22.0. The fourth-order valence-electron chi connectivity index (χ4n) is 7.20. The second-order valence-electron chi connectivity index (χ2n) is 15.4. The zero-order chi connectivity index (χ0) is 37.5. The van der Waals surface area contributed by atoms with Gasteiger partial charge in [0, 0.05) is 18.2 Å². The van der Waals surface area contributed by atoms with E-state index in [2.05, 4.69) is 18.8 Å². The number of H-pyrrole nitrogens is 1. The van der Waals surface area contributed by atoms with Crippen molar-refractivity contribution in [2.45, 2.75) is 232 Å². The van der Waals surface area contributed by atoms with Crippen molar-refractivity contribution < 1.29 is 24.1 Å². The molecule has 1 aromatic rings. The van der Waals surface area contributed by atoms with Gasteiger partial charge in [-0.25, -0.2) is 4.79 Å². The number of aromatic amines is 1. The van der Waals surface area contributed by atoms with E-state index in [9.17, 15) is 14.7 Å². The third-order valence-corrected chi connectivity index (χ3v) is 10.6. The summed E-state index contributed by atoms with van der Waals surface area (Å²) in [4.78, 5) is 26.7. The highest BCUT2D eigenvalue weighted by atomic mass is 16.8. The summed E-state index contributed by atoms with van der Waals surface area (Å²) in [5.41, 5.74) is -0.545. The largest absolute Gasteiger partial charge is 0.394 e. The third kappa shape index (κ3) is 22.0. The van der Waals surface area contributed by atoms with Crippen LogP contribution in [-0.2, 0) is 18.9 Å². The molecule has 2 heterocycles. The lowest BCUT2D eigenvalue weighted by molar-refractivity contribution is -0.309. The molecule has 0 amide bonds.